The van der Waals surface area contributed by atoms with Crippen LogP contribution in [0, 0.1) is 0 Å². The zero-order valence-corrected chi connectivity index (χ0v) is 10.4. The molecule has 0 atom stereocenters. The van der Waals surface area contributed by atoms with Gasteiger partial charge in [-0.2, -0.15) is 13.2 Å². The maximum absolute atomic E-state index is 12.3. The van der Waals surface area contributed by atoms with Gasteiger partial charge in [-0.25, -0.2) is 0 Å². The third kappa shape index (κ3) is 5.51. The van der Waals surface area contributed by atoms with Crippen LogP contribution < -0.4 is 0 Å². The highest BCUT2D eigenvalue weighted by Gasteiger charge is 2.29. The van der Waals surface area contributed by atoms with E-state index in [1.165, 1.54) is 12.1 Å². The van der Waals surface area contributed by atoms with Crippen molar-refractivity contribution in [1.29, 1.82) is 0 Å². The molecular formula is C13H17F3O2. The second kappa shape index (κ2) is 5.71. The van der Waals surface area contributed by atoms with Crippen molar-refractivity contribution in [3.8, 4) is 0 Å². The Labute approximate surface area is 104 Å². The van der Waals surface area contributed by atoms with Crippen molar-refractivity contribution < 1.29 is 23.0 Å². The predicted octanol–water partition coefficient (Wildman–Crippen LogP) is 3.38. The van der Waals surface area contributed by atoms with Crippen molar-refractivity contribution in [2.75, 3.05) is 6.61 Å². The highest BCUT2D eigenvalue weighted by atomic mass is 19.4. The summed E-state index contributed by atoms with van der Waals surface area (Å²) in [5.74, 6) is 0. The summed E-state index contributed by atoms with van der Waals surface area (Å²) in [6.07, 6.45) is -3.83. The van der Waals surface area contributed by atoms with E-state index in [1.807, 2.05) is 0 Å². The molecule has 2 nitrogen and oxygen atoms in total. The van der Waals surface area contributed by atoms with Gasteiger partial charge in [0.05, 0.1) is 17.8 Å². The van der Waals surface area contributed by atoms with Gasteiger partial charge in [-0.05, 0) is 38.0 Å². The van der Waals surface area contributed by atoms with Crippen molar-refractivity contribution in [2.24, 2.45) is 0 Å². The van der Waals surface area contributed by atoms with Crippen LogP contribution in [0.1, 0.15) is 31.4 Å². The summed E-state index contributed by atoms with van der Waals surface area (Å²) in [5.41, 5.74) is -0.776. The molecule has 0 radical (unpaired) electrons. The van der Waals surface area contributed by atoms with Gasteiger partial charge in [0.15, 0.2) is 0 Å². The standard InChI is InChI=1S/C13H17F3O2/c1-12(2,17)7-8-18-9-10-3-5-11(6-4-10)13(14,15)16/h3-6,17H,7-9H2,1-2H3. The molecule has 0 aromatic heterocycles. The summed E-state index contributed by atoms with van der Waals surface area (Å²) < 4.78 is 42.2. The molecule has 0 bridgehead atoms. The lowest BCUT2D eigenvalue weighted by Gasteiger charge is -2.16. The van der Waals surface area contributed by atoms with E-state index < -0.39 is 17.3 Å². The zero-order chi connectivity index (χ0) is 13.8. The Balaban J connectivity index is 2.41. The molecule has 1 rings (SSSR count). The first-order chi connectivity index (χ1) is 8.18. The molecule has 0 heterocycles. The zero-order valence-electron chi connectivity index (χ0n) is 10.4. The van der Waals surface area contributed by atoms with Gasteiger partial charge in [0.1, 0.15) is 0 Å². The summed E-state index contributed by atoms with van der Waals surface area (Å²) in [6, 6.07) is 4.86. The average Bonchev–Trinajstić information content (AvgIpc) is 2.22. The third-order valence-corrected chi connectivity index (χ3v) is 2.41. The summed E-state index contributed by atoms with van der Waals surface area (Å²) in [7, 11) is 0. The average molecular weight is 262 g/mol. The number of hydrogen-bond acceptors (Lipinski definition) is 2. The van der Waals surface area contributed by atoms with E-state index in [0.29, 0.717) is 18.6 Å². The maximum atomic E-state index is 12.3. The van der Waals surface area contributed by atoms with Crippen LogP contribution in [-0.4, -0.2) is 17.3 Å². The molecule has 0 fully saturated rings. The van der Waals surface area contributed by atoms with Gasteiger partial charge >= 0.3 is 6.18 Å². The van der Waals surface area contributed by atoms with Crippen LogP contribution in [0.3, 0.4) is 0 Å². The third-order valence-electron chi connectivity index (χ3n) is 2.41. The van der Waals surface area contributed by atoms with Gasteiger partial charge in [0.2, 0.25) is 0 Å². The minimum absolute atomic E-state index is 0.244. The number of rotatable bonds is 5. The number of ether oxygens (including phenoxy) is 1. The Kier molecular flexibility index (Phi) is 4.76. The number of halogens is 3. The molecule has 5 heteroatoms. The monoisotopic (exact) mass is 262 g/mol. The molecule has 0 spiro atoms. The Morgan fingerprint density at radius 1 is 1.11 bits per heavy atom. The Morgan fingerprint density at radius 3 is 2.11 bits per heavy atom. The molecule has 102 valence electrons. The fourth-order valence-corrected chi connectivity index (χ4v) is 1.30. The lowest BCUT2D eigenvalue weighted by atomic mass is 10.1. The van der Waals surface area contributed by atoms with Crippen LogP contribution in [0.25, 0.3) is 0 Å². The summed E-state index contributed by atoms with van der Waals surface area (Å²) in [4.78, 5) is 0. The quantitative estimate of drug-likeness (QED) is 0.824. The highest BCUT2D eigenvalue weighted by molar-refractivity contribution is 5.24. The SMILES string of the molecule is CC(C)(O)CCOCc1ccc(C(F)(F)F)cc1. The Morgan fingerprint density at radius 2 is 1.67 bits per heavy atom. The van der Waals surface area contributed by atoms with Gasteiger partial charge in [-0.3, -0.25) is 0 Å². The largest absolute Gasteiger partial charge is 0.416 e. The fraction of sp³-hybridized carbons (Fsp3) is 0.538. The van der Waals surface area contributed by atoms with Crippen molar-refractivity contribution in [3.63, 3.8) is 0 Å². The van der Waals surface area contributed by atoms with E-state index in [4.69, 9.17) is 4.74 Å². The molecule has 1 N–H and O–H groups in total. The molecular weight excluding hydrogens is 245 g/mol. The van der Waals surface area contributed by atoms with Gasteiger partial charge < -0.3 is 9.84 Å². The van der Waals surface area contributed by atoms with E-state index in [9.17, 15) is 18.3 Å². The van der Waals surface area contributed by atoms with E-state index in [0.717, 1.165) is 12.1 Å². The van der Waals surface area contributed by atoms with E-state index in [-0.39, 0.29) is 6.61 Å². The van der Waals surface area contributed by atoms with E-state index in [1.54, 1.807) is 13.8 Å². The second-order valence-electron chi connectivity index (χ2n) is 4.81. The maximum Gasteiger partial charge on any atom is 0.416 e. The molecule has 18 heavy (non-hydrogen) atoms. The van der Waals surface area contributed by atoms with Gasteiger partial charge in [-0.15, -0.1) is 0 Å². The smallest absolute Gasteiger partial charge is 0.390 e. The molecule has 0 saturated heterocycles. The number of hydrogen-bond donors (Lipinski definition) is 1. The van der Waals surface area contributed by atoms with Crippen LogP contribution in [-0.2, 0) is 17.5 Å². The fourth-order valence-electron chi connectivity index (χ4n) is 1.30. The minimum atomic E-state index is -4.31. The number of alkyl halides is 3. The predicted molar refractivity (Wildman–Crippen MR) is 62.0 cm³/mol. The van der Waals surface area contributed by atoms with Crippen molar-refractivity contribution >= 4 is 0 Å². The summed E-state index contributed by atoms with van der Waals surface area (Å²) in [5, 5.41) is 9.44. The molecule has 0 saturated carbocycles. The van der Waals surface area contributed by atoms with Crippen LogP contribution in [0.4, 0.5) is 13.2 Å². The molecule has 0 aliphatic carbocycles. The van der Waals surface area contributed by atoms with Crippen LogP contribution in [0.5, 0.6) is 0 Å². The first-order valence-corrected chi connectivity index (χ1v) is 5.65. The molecule has 0 aliphatic rings. The van der Waals surface area contributed by atoms with Gasteiger partial charge in [-0.1, -0.05) is 12.1 Å². The molecule has 0 amide bonds. The van der Waals surface area contributed by atoms with Crippen molar-refractivity contribution in [3.05, 3.63) is 35.4 Å². The minimum Gasteiger partial charge on any atom is -0.390 e. The summed E-state index contributed by atoms with van der Waals surface area (Å²) >= 11 is 0. The topological polar surface area (TPSA) is 29.5 Å². The first kappa shape index (κ1) is 15.0. The molecule has 1 aromatic rings. The van der Waals surface area contributed by atoms with Crippen molar-refractivity contribution in [1.82, 2.24) is 0 Å². The van der Waals surface area contributed by atoms with Crippen LogP contribution in [0.2, 0.25) is 0 Å². The highest BCUT2D eigenvalue weighted by Crippen LogP contribution is 2.29. The molecule has 0 unspecified atom stereocenters. The van der Waals surface area contributed by atoms with Crippen LogP contribution >= 0.6 is 0 Å². The first-order valence-electron chi connectivity index (χ1n) is 5.65. The molecule has 0 aliphatic heterocycles. The van der Waals surface area contributed by atoms with Gasteiger partial charge in [0.25, 0.3) is 0 Å². The van der Waals surface area contributed by atoms with Gasteiger partial charge in [0, 0.05) is 6.61 Å². The summed E-state index contributed by atoms with van der Waals surface area (Å²) in [6.45, 7) is 3.96. The number of aliphatic hydroxyl groups is 1. The lowest BCUT2D eigenvalue weighted by molar-refractivity contribution is -0.137. The van der Waals surface area contributed by atoms with Crippen LogP contribution in [0.15, 0.2) is 24.3 Å². The second-order valence-corrected chi connectivity index (χ2v) is 4.81. The normalized spacial score (nSPS) is 12.8. The van der Waals surface area contributed by atoms with E-state index in [2.05, 4.69) is 0 Å². The molecule has 1 aromatic carbocycles. The number of benzene rings is 1. The Bertz CT molecular complexity index is 363. The Hall–Kier alpha value is -1.07. The van der Waals surface area contributed by atoms with E-state index >= 15 is 0 Å². The van der Waals surface area contributed by atoms with Crippen molar-refractivity contribution in [2.45, 2.75) is 38.7 Å². The lowest BCUT2D eigenvalue weighted by Crippen LogP contribution is -2.20.